The Morgan fingerprint density at radius 3 is 0.842 bits per heavy atom. The molecule has 116 valence electrons. The minimum absolute atomic E-state index is 0. The van der Waals surface area contributed by atoms with Crippen molar-refractivity contribution in [2.24, 2.45) is 17.8 Å². The zero-order chi connectivity index (χ0) is 15.5. The van der Waals surface area contributed by atoms with E-state index < -0.39 is 17.9 Å². The van der Waals surface area contributed by atoms with Crippen LogP contribution in [0.25, 0.3) is 0 Å². The van der Waals surface area contributed by atoms with Gasteiger partial charge < -0.3 is 24.9 Å². The first-order valence-corrected chi connectivity index (χ1v) is 5.57. The summed E-state index contributed by atoms with van der Waals surface area (Å²) in [5.74, 6) is -3.64. The zero-order valence-electron chi connectivity index (χ0n) is 12.0. The van der Waals surface area contributed by atoms with E-state index >= 15 is 0 Å². The minimum atomic E-state index is -0.991. The van der Waals surface area contributed by atoms with Crippen molar-refractivity contribution in [3.8, 4) is 0 Å². The number of carboxylic acid groups (broad SMARTS) is 3. The fourth-order valence-electron chi connectivity index (χ4n) is 0. The predicted molar refractivity (Wildman–Crippen MR) is 62.2 cm³/mol. The molecule has 0 unspecified atom stereocenters. The molecule has 0 aliphatic carbocycles. The number of hydrogen-bond acceptors (Lipinski definition) is 5. The average Bonchev–Trinajstić information content (AvgIpc) is 2.18. The van der Waals surface area contributed by atoms with Gasteiger partial charge in [-0.2, -0.15) is 0 Å². The topological polar surface area (TPSA) is 118 Å². The van der Waals surface area contributed by atoms with Crippen molar-refractivity contribution in [1.29, 1.82) is 0 Å². The van der Waals surface area contributed by atoms with Crippen LogP contribution in [-0.4, -0.2) is 23.0 Å². The number of aliphatic carboxylic acids is 3. The molecular weight excluding hydrogens is 347 g/mol. The fourth-order valence-corrected chi connectivity index (χ4v) is 0. The van der Waals surface area contributed by atoms with E-state index in [1.54, 1.807) is 41.5 Å². The van der Waals surface area contributed by atoms with E-state index in [1.807, 2.05) is 0 Å². The number of carbonyl (C=O) groups excluding carboxylic acids is 2. The molecule has 0 heterocycles. The summed E-state index contributed by atoms with van der Waals surface area (Å²) >= 11 is 0. The SMILES string of the molecule is CC(C)C(=O)O.CC(C)C(=O)[O-].CC(C)C(=O)[O-].[Pd+2]. The van der Waals surface area contributed by atoms with Gasteiger partial charge in [-0.1, -0.05) is 41.5 Å². The standard InChI is InChI=1S/3C4H8O2.Pd/c3*1-3(2)4(5)6;/h3*3H,1-2H3,(H,5,6);/q;;;+2/p-2. The number of rotatable bonds is 3. The molecule has 0 atom stereocenters. The second-order valence-corrected chi connectivity index (χ2v) is 4.44. The van der Waals surface area contributed by atoms with Crippen LogP contribution in [0.15, 0.2) is 0 Å². The monoisotopic (exact) mass is 368 g/mol. The number of carbonyl (C=O) groups is 3. The van der Waals surface area contributed by atoms with Crippen molar-refractivity contribution < 1.29 is 50.1 Å². The molecule has 0 aliphatic heterocycles. The first kappa shape index (κ1) is 26.6. The van der Waals surface area contributed by atoms with E-state index in [4.69, 9.17) is 5.11 Å². The van der Waals surface area contributed by atoms with Crippen LogP contribution in [0.5, 0.6) is 0 Å². The molecule has 0 aromatic rings. The van der Waals surface area contributed by atoms with Gasteiger partial charge in [0.05, 0.1) is 5.92 Å². The quantitative estimate of drug-likeness (QED) is 0.672. The van der Waals surface area contributed by atoms with E-state index in [1.165, 1.54) is 0 Å². The molecule has 0 aromatic carbocycles. The molecular formula is C12H22O6Pd. The molecule has 0 rings (SSSR count). The molecule has 0 spiro atoms. The van der Waals surface area contributed by atoms with Crippen molar-refractivity contribution in [2.75, 3.05) is 0 Å². The Hall–Kier alpha value is -0.928. The Bertz CT molecular complexity index is 218. The van der Waals surface area contributed by atoms with Gasteiger partial charge in [-0.3, -0.25) is 4.79 Å². The summed E-state index contributed by atoms with van der Waals surface area (Å²) in [7, 11) is 0. The van der Waals surface area contributed by atoms with Gasteiger partial charge in [-0.05, 0) is 11.8 Å². The summed E-state index contributed by atoms with van der Waals surface area (Å²) in [4.78, 5) is 28.9. The predicted octanol–water partition coefficient (Wildman–Crippen LogP) is -0.491. The summed E-state index contributed by atoms with van der Waals surface area (Å²) in [5, 5.41) is 27.2. The normalized spacial score (nSPS) is 8.68. The minimum Gasteiger partial charge on any atom is -0.550 e. The van der Waals surface area contributed by atoms with Crippen LogP contribution >= 0.6 is 0 Å². The van der Waals surface area contributed by atoms with Crippen LogP contribution in [0.3, 0.4) is 0 Å². The third kappa shape index (κ3) is 31.6. The van der Waals surface area contributed by atoms with Crippen LogP contribution in [0, 0.1) is 17.8 Å². The average molecular weight is 369 g/mol. The molecule has 19 heavy (non-hydrogen) atoms. The van der Waals surface area contributed by atoms with E-state index in [9.17, 15) is 24.6 Å². The van der Waals surface area contributed by atoms with Gasteiger partial charge in [0.2, 0.25) is 0 Å². The van der Waals surface area contributed by atoms with Gasteiger partial charge in [-0.15, -0.1) is 0 Å². The van der Waals surface area contributed by atoms with E-state index in [2.05, 4.69) is 0 Å². The van der Waals surface area contributed by atoms with Gasteiger partial charge in [0, 0.05) is 11.9 Å². The molecule has 0 saturated carbocycles. The third-order valence-electron chi connectivity index (χ3n) is 1.44. The van der Waals surface area contributed by atoms with Crippen molar-refractivity contribution in [1.82, 2.24) is 0 Å². The maximum absolute atomic E-state index is 9.70. The maximum Gasteiger partial charge on any atom is 2.00 e. The molecule has 0 fully saturated rings. The summed E-state index contributed by atoms with van der Waals surface area (Å²) < 4.78 is 0. The molecule has 6 nitrogen and oxygen atoms in total. The van der Waals surface area contributed by atoms with Crippen LogP contribution in [0.4, 0.5) is 0 Å². The van der Waals surface area contributed by atoms with Gasteiger partial charge in [0.1, 0.15) is 0 Å². The van der Waals surface area contributed by atoms with Crippen LogP contribution < -0.4 is 10.2 Å². The number of hydrogen-bond donors (Lipinski definition) is 1. The smallest absolute Gasteiger partial charge is 0.550 e. The first-order valence-electron chi connectivity index (χ1n) is 5.57. The third-order valence-corrected chi connectivity index (χ3v) is 1.44. The van der Waals surface area contributed by atoms with E-state index in [-0.39, 0.29) is 38.2 Å². The Labute approximate surface area is 127 Å². The molecule has 7 heteroatoms. The van der Waals surface area contributed by atoms with Crippen molar-refractivity contribution in [3.63, 3.8) is 0 Å². The van der Waals surface area contributed by atoms with Crippen LogP contribution in [0.1, 0.15) is 41.5 Å². The molecule has 0 saturated heterocycles. The molecule has 0 aliphatic rings. The largest absolute Gasteiger partial charge is 2.00 e. The fraction of sp³-hybridized carbons (Fsp3) is 0.750. The van der Waals surface area contributed by atoms with Gasteiger partial charge in [0.25, 0.3) is 0 Å². The number of carboxylic acids is 3. The Kier molecular flexibility index (Phi) is 21.2. The summed E-state index contributed by atoms with van der Waals surface area (Å²) in [6.45, 7) is 9.60. The van der Waals surface area contributed by atoms with E-state index in [0.717, 1.165) is 0 Å². The Morgan fingerprint density at radius 1 is 0.737 bits per heavy atom. The van der Waals surface area contributed by atoms with Gasteiger partial charge in [-0.25, -0.2) is 0 Å². The van der Waals surface area contributed by atoms with Gasteiger partial charge in [0.15, 0.2) is 0 Å². The summed E-state index contributed by atoms with van der Waals surface area (Å²) in [5.41, 5.74) is 0. The second kappa shape index (κ2) is 15.1. The van der Waals surface area contributed by atoms with E-state index in [0.29, 0.717) is 0 Å². The first-order chi connectivity index (χ1) is 7.93. The van der Waals surface area contributed by atoms with Crippen LogP contribution in [0.2, 0.25) is 0 Å². The second-order valence-electron chi connectivity index (χ2n) is 4.44. The molecule has 0 radical (unpaired) electrons. The van der Waals surface area contributed by atoms with Crippen molar-refractivity contribution in [2.45, 2.75) is 41.5 Å². The van der Waals surface area contributed by atoms with Crippen molar-refractivity contribution in [3.05, 3.63) is 0 Å². The molecule has 0 amide bonds. The van der Waals surface area contributed by atoms with Gasteiger partial charge >= 0.3 is 26.4 Å². The summed E-state index contributed by atoms with van der Waals surface area (Å²) in [6.07, 6.45) is 0. The summed E-state index contributed by atoms with van der Waals surface area (Å²) in [6, 6.07) is 0. The van der Waals surface area contributed by atoms with Crippen molar-refractivity contribution >= 4 is 17.9 Å². The molecule has 0 aromatic heterocycles. The van der Waals surface area contributed by atoms with Crippen LogP contribution in [-0.2, 0) is 34.8 Å². The molecule has 1 N–H and O–H groups in total. The molecule has 0 bridgehead atoms. The zero-order valence-corrected chi connectivity index (χ0v) is 13.6. The Balaban J connectivity index is -0.0000000865. The Morgan fingerprint density at radius 2 is 0.842 bits per heavy atom. The maximum atomic E-state index is 9.70.